The molecule has 0 aliphatic carbocycles. The Morgan fingerprint density at radius 3 is 2.67 bits per heavy atom. The van der Waals surface area contributed by atoms with Crippen molar-refractivity contribution in [3.8, 4) is 0 Å². The van der Waals surface area contributed by atoms with Gasteiger partial charge in [0.1, 0.15) is 6.61 Å². The molecule has 2 aromatic rings. The van der Waals surface area contributed by atoms with Crippen LogP contribution in [0.1, 0.15) is 24.5 Å². The Balaban J connectivity index is 1.55. The minimum atomic E-state index is -3.26. The number of cyclic esters (lactones) is 1. The van der Waals surface area contributed by atoms with Gasteiger partial charge in [0.05, 0.1) is 24.9 Å². The molecule has 36 heavy (non-hydrogen) atoms. The third-order valence-electron chi connectivity index (χ3n) is 7.66. The van der Waals surface area contributed by atoms with Crippen LogP contribution < -0.4 is 9.80 Å². The Morgan fingerprint density at radius 2 is 2.00 bits per heavy atom. The quantitative estimate of drug-likeness (QED) is 0.418. The van der Waals surface area contributed by atoms with Gasteiger partial charge in [-0.25, -0.2) is 4.79 Å². The van der Waals surface area contributed by atoms with Gasteiger partial charge < -0.3 is 23.6 Å². The normalized spacial score (nSPS) is 27.8. The van der Waals surface area contributed by atoms with Crippen molar-refractivity contribution in [2.75, 3.05) is 29.6 Å². The summed E-state index contributed by atoms with van der Waals surface area (Å²) < 4.78 is 27.1. The zero-order chi connectivity index (χ0) is 25.8. The van der Waals surface area contributed by atoms with E-state index in [-0.39, 0.29) is 25.5 Å². The first-order chi connectivity index (χ1) is 17.1. The molecule has 10 heteroatoms. The van der Waals surface area contributed by atoms with E-state index in [4.69, 9.17) is 21.1 Å². The predicted molar refractivity (Wildman–Crippen MR) is 138 cm³/mol. The molecule has 7 nitrogen and oxygen atoms in total. The Labute approximate surface area is 215 Å². The number of nitrogens with zero attached hydrogens (tertiary/aromatic N) is 2. The Morgan fingerprint density at radius 1 is 1.22 bits per heavy atom. The van der Waals surface area contributed by atoms with Crippen LogP contribution in [0, 0.1) is 5.92 Å². The van der Waals surface area contributed by atoms with E-state index in [0.717, 1.165) is 5.56 Å². The molecule has 0 bridgehead atoms. The van der Waals surface area contributed by atoms with Crippen molar-refractivity contribution in [2.24, 2.45) is 5.92 Å². The third-order valence-corrected chi connectivity index (χ3v) is 10.4. The summed E-state index contributed by atoms with van der Waals surface area (Å²) in [4.78, 5) is 29.5. The number of aliphatic hydroxyl groups is 1. The molecule has 2 amide bonds. The fourth-order valence-electron chi connectivity index (χ4n) is 6.21. The van der Waals surface area contributed by atoms with Crippen molar-refractivity contribution in [1.82, 2.24) is 0 Å². The monoisotopic (exact) mass is 532 g/mol. The molecular formula is C26H30ClFN2O5Si. The number of aliphatic hydroxyl groups excluding tert-OH is 1. The lowest BCUT2D eigenvalue weighted by Gasteiger charge is -2.31. The number of amides is 2. The highest BCUT2D eigenvalue weighted by Gasteiger charge is 2.66. The van der Waals surface area contributed by atoms with Gasteiger partial charge in [-0.2, -0.15) is 0 Å². The summed E-state index contributed by atoms with van der Waals surface area (Å²) in [6.45, 7) is 6.04. The van der Waals surface area contributed by atoms with Gasteiger partial charge in [-0.1, -0.05) is 30.7 Å². The number of hydrogen-bond donors (Lipinski definition) is 1. The number of fused-ring (bicyclic) bond motifs is 2. The van der Waals surface area contributed by atoms with Crippen LogP contribution in [0.25, 0.3) is 0 Å². The molecule has 2 fully saturated rings. The molecule has 5 rings (SSSR count). The van der Waals surface area contributed by atoms with Crippen LogP contribution in [0.2, 0.25) is 23.7 Å². The smallest absolute Gasteiger partial charge is 0.414 e. The molecule has 2 saturated heterocycles. The summed E-state index contributed by atoms with van der Waals surface area (Å²) in [5, 5.41) is 10.1. The maximum Gasteiger partial charge on any atom is 0.414 e. The van der Waals surface area contributed by atoms with Crippen molar-refractivity contribution >= 4 is 43.4 Å². The summed E-state index contributed by atoms with van der Waals surface area (Å²) in [7, 11) is -3.26. The van der Waals surface area contributed by atoms with Crippen molar-refractivity contribution < 1.29 is 28.3 Å². The number of hydrogen-bond acceptors (Lipinski definition) is 5. The highest BCUT2D eigenvalue weighted by atomic mass is 35.5. The van der Waals surface area contributed by atoms with E-state index in [0.29, 0.717) is 35.1 Å². The van der Waals surface area contributed by atoms with Crippen molar-refractivity contribution in [3.05, 3.63) is 58.6 Å². The van der Waals surface area contributed by atoms with E-state index in [1.54, 1.807) is 41.1 Å². The maximum atomic E-state index is 15.6. The second-order valence-electron chi connectivity index (χ2n) is 10.3. The zero-order valence-corrected chi connectivity index (χ0v) is 22.3. The van der Waals surface area contributed by atoms with Gasteiger partial charge in [0, 0.05) is 34.3 Å². The molecule has 192 valence electrons. The average Bonchev–Trinajstić information content (AvgIpc) is 3.44. The van der Waals surface area contributed by atoms with Crippen LogP contribution in [0.5, 0.6) is 0 Å². The van der Waals surface area contributed by atoms with Crippen LogP contribution in [-0.2, 0) is 26.4 Å². The van der Waals surface area contributed by atoms with E-state index >= 15 is 4.11 Å². The summed E-state index contributed by atoms with van der Waals surface area (Å²) >= 11 is 6.38. The first-order valence-electron chi connectivity index (χ1n) is 12.2. The second-order valence-corrected chi connectivity index (χ2v) is 14.5. The number of benzene rings is 2. The highest BCUT2D eigenvalue weighted by Crippen LogP contribution is 2.60. The number of carbonyl (C=O) groups excluding carboxylic acids is 2. The minimum Gasteiger partial charge on any atom is -0.447 e. The second kappa shape index (κ2) is 9.13. The molecule has 0 unspecified atom stereocenters. The van der Waals surface area contributed by atoms with Crippen LogP contribution in [0.4, 0.5) is 20.3 Å². The van der Waals surface area contributed by atoms with Crippen LogP contribution >= 0.6 is 11.6 Å². The fraction of sp³-hybridized carbons (Fsp3) is 0.462. The zero-order valence-electron chi connectivity index (χ0n) is 20.5. The SMILES string of the molecule is C[C@@H]1[C@@H]([Si](C)(C)F)[C@H](CCO)O[C@@]12C(=O)N(Cc1cccc(N3CCOC3=O)c1)c1ccc(Cl)cc12. The lowest BCUT2D eigenvalue weighted by atomic mass is 9.82. The number of halogens is 2. The molecular weight excluding hydrogens is 503 g/mol. The Kier molecular flexibility index (Phi) is 6.39. The summed E-state index contributed by atoms with van der Waals surface area (Å²) in [6.07, 6.45) is -0.707. The number of anilines is 2. The number of ether oxygens (including phenoxy) is 2. The van der Waals surface area contributed by atoms with Gasteiger partial charge in [-0.3, -0.25) is 9.69 Å². The third kappa shape index (κ3) is 3.93. The van der Waals surface area contributed by atoms with Gasteiger partial charge in [-0.05, 0) is 55.4 Å². The van der Waals surface area contributed by atoms with E-state index in [1.807, 2.05) is 31.2 Å². The van der Waals surface area contributed by atoms with Gasteiger partial charge in [0.2, 0.25) is 8.41 Å². The molecule has 2 aromatic carbocycles. The van der Waals surface area contributed by atoms with Crippen LogP contribution in [0.15, 0.2) is 42.5 Å². The number of rotatable bonds is 6. The summed E-state index contributed by atoms with van der Waals surface area (Å²) in [5.41, 5.74) is 0.987. The lowest BCUT2D eigenvalue weighted by molar-refractivity contribution is -0.146. The molecule has 3 aliphatic rings. The van der Waals surface area contributed by atoms with Crippen LogP contribution in [-0.4, -0.2) is 51.4 Å². The maximum absolute atomic E-state index is 15.6. The summed E-state index contributed by atoms with van der Waals surface area (Å²) in [6, 6.07) is 12.7. The van der Waals surface area contributed by atoms with Crippen molar-refractivity contribution in [3.63, 3.8) is 0 Å². The lowest BCUT2D eigenvalue weighted by Crippen LogP contribution is -2.45. The molecule has 3 heterocycles. The largest absolute Gasteiger partial charge is 0.447 e. The van der Waals surface area contributed by atoms with Crippen LogP contribution in [0.3, 0.4) is 0 Å². The molecule has 3 aliphatic heterocycles. The van der Waals surface area contributed by atoms with E-state index in [1.165, 1.54) is 0 Å². The van der Waals surface area contributed by atoms with Gasteiger partial charge in [0.15, 0.2) is 5.60 Å². The average molecular weight is 533 g/mol. The van der Waals surface area contributed by atoms with Gasteiger partial charge in [0.25, 0.3) is 5.91 Å². The van der Waals surface area contributed by atoms with E-state index in [9.17, 15) is 14.7 Å². The highest BCUT2D eigenvalue weighted by molar-refractivity contribution is 6.72. The van der Waals surface area contributed by atoms with E-state index < -0.39 is 37.7 Å². The first kappa shape index (κ1) is 25.2. The Hall–Kier alpha value is -2.46. The minimum absolute atomic E-state index is 0.152. The van der Waals surface area contributed by atoms with Crippen molar-refractivity contribution in [2.45, 2.75) is 50.2 Å². The topological polar surface area (TPSA) is 79.3 Å². The molecule has 1 spiro atoms. The van der Waals surface area contributed by atoms with E-state index in [2.05, 4.69) is 0 Å². The van der Waals surface area contributed by atoms with Crippen molar-refractivity contribution in [1.29, 1.82) is 0 Å². The van der Waals surface area contributed by atoms with Gasteiger partial charge >= 0.3 is 6.09 Å². The van der Waals surface area contributed by atoms with Gasteiger partial charge in [-0.15, -0.1) is 0 Å². The standard InChI is InChI=1S/C26H30ClFN2O5Si/c1-16-23(36(2,3)28)22(9-11-31)35-26(16)20-14-18(27)7-8-21(20)30(24(26)32)15-17-5-4-6-19(13-17)29-10-12-34-25(29)33/h4-8,13-14,16,22-23,31H,9-12,15H2,1-3H3/t16-,22+,23-,26+/m1/s1. The predicted octanol–water partition coefficient (Wildman–Crippen LogP) is 5.00. The first-order valence-corrected chi connectivity index (χ1v) is 15.5. The molecule has 0 aromatic heterocycles. The Bertz CT molecular complexity index is 1210. The fourth-order valence-corrected chi connectivity index (χ4v) is 8.92. The summed E-state index contributed by atoms with van der Waals surface area (Å²) in [5.74, 6) is -0.705. The molecule has 0 saturated carbocycles. The molecule has 1 N–H and O–H groups in total. The molecule has 4 atom stereocenters. The molecule has 0 radical (unpaired) electrons. The number of carbonyl (C=O) groups is 2.